The minimum atomic E-state index is -0.207. The fraction of sp³-hybridized carbons (Fsp3) is 0.0588. The van der Waals surface area contributed by atoms with E-state index in [1.165, 1.54) is 21.9 Å². The van der Waals surface area contributed by atoms with Gasteiger partial charge in [0.25, 0.3) is 0 Å². The summed E-state index contributed by atoms with van der Waals surface area (Å²) in [6.45, 7) is 2.02. The highest BCUT2D eigenvalue weighted by molar-refractivity contribution is 6.09. The van der Waals surface area contributed by atoms with Crippen molar-refractivity contribution in [3.8, 4) is 6.07 Å². The number of hydrogen-bond donors (Lipinski definition) is 2. The summed E-state index contributed by atoms with van der Waals surface area (Å²) in [5.74, 6) is 0.0279. The van der Waals surface area contributed by atoms with Crippen LogP contribution in [0.15, 0.2) is 108 Å². The quantitative estimate of drug-likeness (QED) is 0.233. The van der Waals surface area contributed by atoms with E-state index in [0.29, 0.717) is 16.7 Å². The largest absolute Gasteiger partial charge is 0.452 e. The van der Waals surface area contributed by atoms with Gasteiger partial charge in [-0.3, -0.25) is 4.79 Å². The van der Waals surface area contributed by atoms with Gasteiger partial charge in [-0.1, -0.05) is 42.5 Å². The molecular formula is C34H23N3O2. The summed E-state index contributed by atoms with van der Waals surface area (Å²) in [5.41, 5.74) is 8.34. The molecule has 4 aromatic carbocycles. The molecule has 0 saturated heterocycles. The minimum Gasteiger partial charge on any atom is -0.452 e. The number of nitrogens with one attached hydrogen (secondary N) is 2. The van der Waals surface area contributed by atoms with Crippen LogP contribution in [0.2, 0.25) is 0 Å². The van der Waals surface area contributed by atoms with Crippen LogP contribution in [0.4, 0.5) is 0 Å². The number of benzene rings is 4. The van der Waals surface area contributed by atoms with Crippen molar-refractivity contribution in [2.24, 2.45) is 0 Å². The number of fused-ring (bicyclic) bond motifs is 3. The maximum absolute atomic E-state index is 13.2. The standard InChI is InChI=1S/C34H23N3O2/c1-20-14-23(15-24-16-31(39-34(20)24)33(38)22-12-10-21(17-35)11-13-22)32(27-18-36-29-8-4-2-6-25(27)29)28-19-37-30-9-5-3-7-26(28)30/h2-16,18-19,32,36-37H,1H3. The van der Waals surface area contributed by atoms with Gasteiger partial charge < -0.3 is 14.4 Å². The Labute approximate surface area is 224 Å². The van der Waals surface area contributed by atoms with Crippen molar-refractivity contribution < 1.29 is 9.21 Å². The van der Waals surface area contributed by atoms with Gasteiger partial charge >= 0.3 is 0 Å². The summed E-state index contributed by atoms with van der Waals surface area (Å²) in [6.07, 6.45) is 4.21. The molecule has 0 atom stereocenters. The van der Waals surface area contributed by atoms with Gasteiger partial charge in [-0.05, 0) is 77.7 Å². The number of carbonyl (C=O) groups is 1. The molecule has 0 spiro atoms. The average molecular weight is 506 g/mol. The van der Waals surface area contributed by atoms with E-state index < -0.39 is 0 Å². The fourth-order valence-electron chi connectivity index (χ4n) is 5.67. The smallest absolute Gasteiger partial charge is 0.228 e. The van der Waals surface area contributed by atoms with E-state index in [0.717, 1.165) is 27.5 Å². The van der Waals surface area contributed by atoms with Crippen LogP contribution >= 0.6 is 0 Å². The molecule has 0 aliphatic carbocycles. The molecule has 0 bridgehead atoms. The second kappa shape index (κ2) is 8.90. The first-order chi connectivity index (χ1) is 19.1. The Bertz CT molecular complexity index is 1990. The van der Waals surface area contributed by atoms with Crippen molar-refractivity contribution in [3.63, 3.8) is 0 Å². The number of H-pyrrole nitrogens is 2. The highest BCUT2D eigenvalue weighted by atomic mass is 16.3. The summed E-state index contributed by atoms with van der Waals surface area (Å²) in [4.78, 5) is 20.1. The molecule has 0 unspecified atom stereocenters. The number of carbonyl (C=O) groups excluding carboxylic acids is 1. The number of aromatic amines is 2. The Morgan fingerprint density at radius 1 is 0.821 bits per heavy atom. The monoisotopic (exact) mass is 505 g/mol. The molecule has 0 radical (unpaired) electrons. The number of aryl methyl sites for hydroxylation is 1. The van der Waals surface area contributed by atoms with Crippen molar-refractivity contribution in [2.75, 3.05) is 0 Å². The topological polar surface area (TPSA) is 85.6 Å². The summed E-state index contributed by atoms with van der Waals surface area (Å²) < 4.78 is 6.10. The summed E-state index contributed by atoms with van der Waals surface area (Å²) >= 11 is 0. The van der Waals surface area contributed by atoms with Crippen LogP contribution in [0.3, 0.4) is 0 Å². The normalized spacial score (nSPS) is 11.5. The number of aromatic nitrogens is 2. The Balaban J connectivity index is 1.40. The SMILES string of the molecule is Cc1cc(C(c2c[nH]c3ccccc23)c2c[nH]c3ccccc23)cc2cc(C(=O)c3ccc(C#N)cc3)oc12. The van der Waals surface area contributed by atoms with Crippen LogP contribution in [0.5, 0.6) is 0 Å². The minimum absolute atomic E-state index is 0.0482. The molecule has 0 amide bonds. The summed E-state index contributed by atoms with van der Waals surface area (Å²) in [6, 6.07) is 31.5. The molecule has 0 aliphatic heterocycles. The Kier molecular flexibility index (Phi) is 5.21. The van der Waals surface area contributed by atoms with Crippen molar-refractivity contribution in [2.45, 2.75) is 12.8 Å². The van der Waals surface area contributed by atoms with Gasteiger partial charge in [-0.2, -0.15) is 5.26 Å². The van der Waals surface area contributed by atoms with Gasteiger partial charge in [0.15, 0.2) is 5.76 Å². The predicted molar refractivity (Wildman–Crippen MR) is 153 cm³/mol. The van der Waals surface area contributed by atoms with Crippen LogP contribution in [0, 0.1) is 18.3 Å². The molecule has 0 saturated carbocycles. The number of para-hydroxylation sites is 2. The van der Waals surface area contributed by atoms with Crippen molar-refractivity contribution in [1.82, 2.24) is 9.97 Å². The molecule has 186 valence electrons. The van der Waals surface area contributed by atoms with Crippen LogP contribution in [-0.4, -0.2) is 15.8 Å². The van der Waals surface area contributed by atoms with Crippen LogP contribution in [-0.2, 0) is 0 Å². The van der Waals surface area contributed by atoms with Crippen LogP contribution in [0.1, 0.15) is 49.9 Å². The number of nitrogens with zero attached hydrogens (tertiary/aromatic N) is 1. The van der Waals surface area contributed by atoms with E-state index in [1.807, 2.05) is 25.1 Å². The molecule has 39 heavy (non-hydrogen) atoms. The first-order valence-electron chi connectivity index (χ1n) is 12.8. The predicted octanol–water partition coefficient (Wildman–Crippen LogP) is 7.99. The number of hydrogen-bond acceptors (Lipinski definition) is 3. The molecule has 2 N–H and O–H groups in total. The lowest BCUT2D eigenvalue weighted by Gasteiger charge is -2.18. The van der Waals surface area contributed by atoms with Gasteiger partial charge in [0, 0.05) is 51.1 Å². The lowest BCUT2D eigenvalue weighted by molar-refractivity contribution is 0.101. The van der Waals surface area contributed by atoms with E-state index in [-0.39, 0.29) is 17.5 Å². The van der Waals surface area contributed by atoms with Gasteiger partial charge in [0.05, 0.1) is 11.6 Å². The van der Waals surface area contributed by atoms with E-state index in [2.05, 4.69) is 77.0 Å². The number of rotatable bonds is 5. The lowest BCUT2D eigenvalue weighted by Crippen LogP contribution is -2.03. The Morgan fingerprint density at radius 3 is 2.05 bits per heavy atom. The third kappa shape index (κ3) is 3.74. The van der Waals surface area contributed by atoms with Gasteiger partial charge in [0.1, 0.15) is 5.58 Å². The maximum atomic E-state index is 13.2. The van der Waals surface area contributed by atoms with Gasteiger partial charge in [-0.25, -0.2) is 0 Å². The molecule has 0 fully saturated rings. The highest BCUT2D eigenvalue weighted by Crippen LogP contribution is 2.41. The number of furan rings is 1. The highest BCUT2D eigenvalue weighted by Gasteiger charge is 2.25. The van der Waals surface area contributed by atoms with Gasteiger partial charge in [-0.15, -0.1) is 0 Å². The molecule has 3 aromatic heterocycles. The fourth-order valence-corrected chi connectivity index (χ4v) is 5.67. The lowest BCUT2D eigenvalue weighted by atomic mass is 9.83. The molecular weight excluding hydrogens is 482 g/mol. The zero-order valence-corrected chi connectivity index (χ0v) is 21.2. The first-order valence-corrected chi connectivity index (χ1v) is 12.8. The van der Waals surface area contributed by atoms with Crippen LogP contribution < -0.4 is 0 Å². The van der Waals surface area contributed by atoms with Crippen molar-refractivity contribution in [1.29, 1.82) is 5.26 Å². The molecule has 7 aromatic rings. The third-order valence-electron chi connectivity index (χ3n) is 7.52. The zero-order chi connectivity index (χ0) is 26.5. The number of nitriles is 1. The van der Waals surface area contributed by atoms with E-state index >= 15 is 0 Å². The first kappa shape index (κ1) is 22.8. The van der Waals surface area contributed by atoms with Gasteiger partial charge in [0.2, 0.25) is 5.78 Å². The summed E-state index contributed by atoms with van der Waals surface area (Å²) in [5, 5.41) is 12.3. The van der Waals surface area contributed by atoms with Crippen molar-refractivity contribution >= 4 is 38.6 Å². The third-order valence-corrected chi connectivity index (χ3v) is 7.52. The Morgan fingerprint density at radius 2 is 1.44 bits per heavy atom. The molecule has 7 rings (SSSR count). The maximum Gasteiger partial charge on any atom is 0.228 e. The number of ketones is 1. The van der Waals surface area contributed by atoms with Crippen LogP contribution in [0.25, 0.3) is 32.8 Å². The molecule has 5 heteroatoms. The summed E-state index contributed by atoms with van der Waals surface area (Å²) in [7, 11) is 0. The van der Waals surface area contributed by atoms with E-state index in [9.17, 15) is 4.79 Å². The molecule has 0 aliphatic rings. The molecule has 3 heterocycles. The Hall–Kier alpha value is -5.34. The average Bonchev–Trinajstić information content (AvgIpc) is 3.71. The van der Waals surface area contributed by atoms with E-state index in [4.69, 9.17) is 9.68 Å². The molecule has 5 nitrogen and oxygen atoms in total. The van der Waals surface area contributed by atoms with Crippen molar-refractivity contribution in [3.05, 3.63) is 143 Å². The second-order valence-electron chi connectivity index (χ2n) is 9.90. The zero-order valence-electron chi connectivity index (χ0n) is 21.2. The van der Waals surface area contributed by atoms with E-state index in [1.54, 1.807) is 24.3 Å². The second-order valence-corrected chi connectivity index (χ2v) is 9.90.